The molecule has 2 saturated carbocycles. The van der Waals surface area contributed by atoms with Crippen LogP contribution < -0.4 is 14.8 Å². The van der Waals surface area contributed by atoms with E-state index in [0.717, 1.165) is 24.7 Å². The highest BCUT2D eigenvalue weighted by Crippen LogP contribution is 2.54. The fraction of sp³-hybridized carbons (Fsp3) is 0.500. The predicted octanol–water partition coefficient (Wildman–Crippen LogP) is 3.05. The summed E-state index contributed by atoms with van der Waals surface area (Å²) in [4.78, 5) is 12.2. The molecule has 1 amide bonds. The van der Waals surface area contributed by atoms with E-state index in [2.05, 4.69) is 5.32 Å². The van der Waals surface area contributed by atoms with Gasteiger partial charge in [0.05, 0.1) is 10.7 Å². The molecule has 2 unspecified atom stereocenters. The number of rotatable bonds is 2. The highest BCUT2D eigenvalue weighted by molar-refractivity contribution is 6.34. The van der Waals surface area contributed by atoms with E-state index in [-0.39, 0.29) is 18.6 Å². The van der Waals surface area contributed by atoms with Gasteiger partial charge in [0, 0.05) is 18.1 Å². The van der Waals surface area contributed by atoms with Crippen LogP contribution in [0.2, 0.25) is 5.02 Å². The van der Waals surface area contributed by atoms with Crippen molar-refractivity contribution in [3.05, 3.63) is 17.2 Å². The lowest BCUT2D eigenvalue weighted by Crippen LogP contribution is -2.21. The topological polar surface area (TPSA) is 47.6 Å². The predicted molar refractivity (Wildman–Crippen MR) is 70.5 cm³/mol. The van der Waals surface area contributed by atoms with Crippen LogP contribution in [0.5, 0.6) is 11.5 Å². The molecule has 1 heterocycles. The van der Waals surface area contributed by atoms with Crippen LogP contribution in [-0.4, -0.2) is 12.7 Å². The van der Waals surface area contributed by atoms with Gasteiger partial charge in [0.25, 0.3) is 0 Å². The summed E-state index contributed by atoms with van der Waals surface area (Å²) in [6.45, 7) is 0.203. The molecule has 1 aromatic rings. The Kier molecular flexibility index (Phi) is 2.42. The van der Waals surface area contributed by atoms with Gasteiger partial charge in [-0.2, -0.15) is 0 Å². The highest BCUT2D eigenvalue weighted by Gasteiger charge is 2.48. The lowest BCUT2D eigenvalue weighted by molar-refractivity contribution is -0.120. The van der Waals surface area contributed by atoms with Gasteiger partial charge in [-0.25, -0.2) is 0 Å². The maximum Gasteiger partial charge on any atom is 0.231 e. The first-order valence-corrected chi connectivity index (χ1v) is 6.98. The van der Waals surface area contributed by atoms with Gasteiger partial charge in [0.2, 0.25) is 12.7 Å². The van der Waals surface area contributed by atoms with E-state index in [1.165, 1.54) is 6.42 Å². The first kappa shape index (κ1) is 11.4. The molecule has 1 aliphatic heterocycles. The number of benzene rings is 1. The summed E-state index contributed by atoms with van der Waals surface area (Å²) in [6, 6.07) is 3.42. The van der Waals surface area contributed by atoms with Crippen molar-refractivity contribution in [3.63, 3.8) is 0 Å². The van der Waals surface area contributed by atoms with E-state index in [1.807, 2.05) is 0 Å². The number of halogens is 1. The molecule has 0 bridgehead atoms. The molecule has 19 heavy (non-hydrogen) atoms. The Hall–Kier alpha value is -1.42. The maximum atomic E-state index is 12.2. The zero-order valence-electron chi connectivity index (χ0n) is 10.3. The van der Waals surface area contributed by atoms with E-state index in [1.54, 1.807) is 12.1 Å². The van der Waals surface area contributed by atoms with Crippen LogP contribution in [0.15, 0.2) is 12.1 Å². The standard InChI is InChI=1S/C14H14ClNO3/c15-10-4-12-13(19-6-18-12)5-11(10)16-14(17)9-2-7-1-8(7)3-9/h4-5,7-9H,1-3,6H2,(H,16,17). The lowest BCUT2D eigenvalue weighted by Gasteiger charge is -2.13. The number of anilines is 1. The molecule has 1 N–H and O–H groups in total. The number of carbonyl (C=O) groups is 1. The molecule has 5 heteroatoms. The molecule has 0 radical (unpaired) electrons. The number of carbonyl (C=O) groups excluding carboxylic acids is 1. The Balaban J connectivity index is 1.51. The van der Waals surface area contributed by atoms with Crippen molar-refractivity contribution < 1.29 is 14.3 Å². The molecule has 2 atom stereocenters. The van der Waals surface area contributed by atoms with Gasteiger partial charge >= 0.3 is 0 Å². The Morgan fingerprint density at radius 2 is 1.84 bits per heavy atom. The Labute approximate surface area is 116 Å². The molecule has 4 nitrogen and oxygen atoms in total. The normalized spacial score (nSPS) is 30.1. The number of nitrogens with one attached hydrogen (secondary N) is 1. The van der Waals surface area contributed by atoms with Gasteiger partial charge in [0.15, 0.2) is 11.5 Å². The third-order valence-corrected chi connectivity index (χ3v) is 4.65. The van der Waals surface area contributed by atoms with Crippen molar-refractivity contribution in [2.45, 2.75) is 19.3 Å². The SMILES string of the molecule is O=C(Nc1cc2c(cc1Cl)OCO2)C1CC2CC2C1. The Morgan fingerprint density at radius 3 is 2.58 bits per heavy atom. The average molecular weight is 280 g/mol. The fourth-order valence-electron chi connectivity index (χ4n) is 3.18. The summed E-state index contributed by atoms with van der Waals surface area (Å²) in [5.74, 6) is 3.07. The van der Waals surface area contributed by atoms with E-state index < -0.39 is 0 Å². The van der Waals surface area contributed by atoms with Gasteiger partial charge in [0.1, 0.15) is 0 Å². The molecule has 2 fully saturated rings. The molecule has 3 aliphatic rings. The van der Waals surface area contributed by atoms with E-state index in [4.69, 9.17) is 21.1 Å². The second-order valence-corrected chi connectivity index (χ2v) is 6.01. The van der Waals surface area contributed by atoms with Crippen molar-refractivity contribution in [1.82, 2.24) is 0 Å². The average Bonchev–Trinajstić information content (AvgIpc) is 2.81. The summed E-state index contributed by atoms with van der Waals surface area (Å²) in [5.41, 5.74) is 0.608. The van der Waals surface area contributed by atoms with Gasteiger partial charge < -0.3 is 14.8 Å². The van der Waals surface area contributed by atoms with Crippen LogP contribution in [0, 0.1) is 17.8 Å². The quantitative estimate of drug-likeness (QED) is 0.905. The first-order valence-electron chi connectivity index (χ1n) is 6.60. The van der Waals surface area contributed by atoms with Crippen LogP contribution in [0.3, 0.4) is 0 Å². The van der Waals surface area contributed by atoms with Crippen LogP contribution in [0.4, 0.5) is 5.69 Å². The van der Waals surface area contributed by atoms with Crippen LogP contribution in [-0.2, 0) is 4.79 Å². The van der Waals surface area contributed by atoms with Gasteiger partial charge in [-0.3, -0.25) is 4.79 Å². The molecular weight excluding hydrogens is 266 g/mol. The van der Waals surface area contributed by atoms with Crippen LogP contribution in [0.1, 0.15) is 19.3 Å². The summed E-state index contributed by atoms with van der Waals surface area (Å²) in [5, 5.41) is 3.40. The van der Waals surface area contributed by atoms with Crippen molar-refractivity contribution in [2.75, 3.05) is 12.1 Å². The maximum absolute atomic E-state index is 12.2. The van der Waals surface area contributed by atoms with Gasteiger partial charge in [-0.1, -0.05) is 11.6 Å². The van der Waals surface area contributed by atoms with Crippen molar-refractivity contribution >= 4 is 23.2 Å². The first-order chi connectivity index (χ1) is 9.20. The molecule has 100 valence electrons. The lowest BCUT2D eigenvalue weighted by atomic mass is 10.0. The minimum Gasteiger partial charge on any atom is -0.454 e. The summed E-state index contributed by atoms with van der Waals surface area (Å²) in [7, 11) is 0. The summed E-state index contributed by atoms with van der Waals surface area (Å²) in [6.07, 6.45) is 3.37. The van der Waals surface area contributed by atoms with Crippen molar-refractivity contribution in [2.24, 2.45) is 17.8 Å². The second-order valence-electron chi connectivity index (χ2n) is 5.60. The number of ether oxygens (including phenoxy) is 2. The number of hydrogen-bond donors (Lipinski definition) is 1. The molecule has 0 aromatic heterocycles. The monoisotopic (exact) mass is 279 g/mol. The van der Waals surface area contributed by atoms with Gasteiger partial charge in [-0.15, -0.1) is 0 Å². The van der Waals surface area contributed by atoms with Crippen LogP contribution >= 0.6 is 11.6 Å². The molecule has 0 spiro atoms. The van der Waals surface area contributed by atoms with E-state index in [0.29, 0.717) is 22.2 Å². The minimum atomic E-state index is 0.0768. The largest absolute Gasteiger partial charge is 0.454 e. The van der Waals surface area contributed by atoms with E-state index >= 15 is 0 Å². The number of fused-ring (bicyclic) bond motifs is 2. The van der Waals surface area contributed by atoms with Crippen molar-refractivity contribution in [3.8, 4) is 11.5 Å². The Bertz CT molecular complexity index is 550. The minimum absolute atomic E-state index is 0.0768. The number of hydrogen-bond acceptors (Lipinski definition) is 3. The number of amides is 1. The zero-order valence-corrected chi connectivity index (χ0v) is 11.1. The summed E-state index contributed by atoms with van der Waals surface area (Å²) >= 11 is 6.15. The van der Waals surface area contributed by atoms with Crippen LogP contribution in [0.25, 0.3) is 0 Å². The zero-order chi connectivity index (χ0) is 13.0. The molecule has 4 rings (SSSR count). The molecular formula is C14H14ClNO3. The highest BCUT2D eigenvalue weighted by atomic mass is 35.5. The van der Waals surface area contributed by atoms with Crippen molar-refractivity contribution in [1.29, 1.82) is 0 Å². The smallest absolute Gasteiger partial charge is 0.231 e. The Morgan fingerprint density at radius 1 is 1.16 bits per heavy atom. The summed E-state index contributed by atoms with van der Waals surface area (Å²) < 4.78 is 10.5. The molecule has 1 aromatic carbocycles. The third kappa shape index (κ3) is 1.94. The molecule has 0 saturated heterocycles. The third-order valence-electron chi connectivity index (χ3n) is 4.33. The fourth-order valence-corrected chi connectivity index (χ4v) is 3.38. The van der Waals surface area contributed by atoms with Gasteiger partial charge in [-0.05, 0) is 31.1 Å². The molecule has 2 aliphatic carbocycles. The second kappa shape index (κ2) is 4.04. The van der Waals surface area contributed by atoms with E-state index in [9.17, 15) is 4.79 Å².